The van der Waals surface area contributed by atoms with Gasteiger partial charge in [-0.1, -0.05) is 17.7 Å². The van der Waals surface area contributed by atoms with E-state index >= 15 is 0 Å². The Morgan fingerprint density at radius 3 is 2.68 bits per heavy atom. The molecule has 7 nitrogen and oxygen atoms in total. The standard InChI is InChI=1S/C23H27ClN2O5/c1-3-29-22-17(24)10-14(11-20(22)28-2)13-25-23(27)26-21(15-4-5-15)16-6-7-18-19(12-16)31-9-8-30-18/h6-7,10-12,15,21H,3-5,8-9,13H2,1-2H3,(H2,25,26,27). The number of urea groups is 1. The molecular formula is C23H27ClN2O5. The maximum atomic E-state index is 12.7. The number of carbonyl (C=O) groups is 1. The molecule has 0 saturated heterocycles. The molecule has 8 heteroatoms. The van der Waals surface area contributed by atoms with Crippen molar-refractivity contribution >= 4 is 17.6 Å². The van der Waals surface area contributed by atoms with Crippen molar-refractivity contribution in [2.24, 2.45) is 5.92 Å². The number of hydrogen-bond donors (Lipinski definition) is 2. The SMILES string of the molecule is CCOc1c(Cl)cc(CNC(=O)NC(c2ccc3c(c2)OCCO3)C2CC2)cc1OC. The van der Waals surface area contributed by atoms with E-state index in [1.165, 1.54) is 0 Å². The third-order valence-corrected chi connectivity index (χ3v) is 5.62. The predicted octanol–water partition coefficient (Wildman–Crippen LogP) is 4.47. The molecule has 0 radical (unpaired) electrons. The van der Waals surface area contributed by atoms with Gasteiger partial charge in [-0.2, -0.15) is 0 Å². The van der Waals surface area contributed by atoms with E-state index in [-0.39, 0.29) is 12.1 Å². The molecule has 1 unspecified atom stereocenters. The third kappa shape index (κ3) is 5.10. The average Bonchev–Trinajstić information content (AvgIpc) is 3.62. The Bertz CT molecular complexity index is 948. The molecule has 166 valence electrons. The van der Waals surface area contributed by atoms with Crippen molar-refractivity contribution in [3.8, 4) is 23.0 Å². The predicted molar refractivity (Wildman–Crippen MR) is 117 cm³/mol. The highest BCUT2D eigenvalue weighted by Crippen LogP contribution is 2.43. The molecule has 1 heterocycles. The highest BCUT2D eigenvalue weighted by Gasteiger charge is 2.34. The summed E-state index contributed by atoms with van der Waals surface area (Å²) in [6.07, 6.45) is 2.18. The van der Waals surface area contributed by atoms with Gasteiger partial charge < -0.3 is 29.6 Å². The molecule has 1 aliphatic carbocycles. The van der Waals surface area contributed by atoms with Crippen LogP contribution in [0.4, 0.5) is 4.79 Å². The second kappa shape index (κ2) is 9.56. The molecule has 1 aliphatic heterocycles. The average molecular weight is 447 g/mol. The van der Waals surface area contributed by atoms with Gasteiger partial charge in [0, 0.05) is 6.54 Å². The van der Waals surface area contributed by atoms with Crippen molar-refractivity contribution in [1.29, 1.82) is 0 Å². The van der Waals surface area contributed by atoms with Crippen LogP contribution in [-0.4, -0.2) is 33.0 Å². The second-order valence-corrected chi connectivity index (χ2v) is 7.99. The van der Waals surface area contributed by atoms with E-state index in [2.05, 4.69) is 10.6 Å². The normalized spacial score (nSPS) is 15.7. The number of methoxy groups -OCH3 is 1. The topological polar surface area (TPSA) is 78.1 Å². The van der Waals surface area contributed by atoms with Crippen LogP contribution in [0.1, 0.15) is 36.9 Å². The molecule has 1 saturated carbocycles. The monoisotopic (exact) mass is 446 g/mol. The van der Waals surface area contributed by atoms with Crippen LogP contribution in [0.3, 0.4) is 0 Å². The van der Waals surface area contributed by atoms with Gasteiger partial charge in [-0.3, -0.25) is 0 Å². The Labute approximate surface area is 187 Å². The molecule has 1 fully saturated rings. The van der Waals surface area contributed by atoms with E-state index in [1.807, 2.05) is 31.2 Å². The van der Waals surface area contributed by atoms with Gasteiger partial charge in [-0.15, -0.1) is 0 Å². The maximum absolute atomic E-state index is 12.7. The van der Waals surface area contributed by atoms with Gasteiger partial charge in [0.25, 0.3) is 0 Å². The maximum Gasteiger partial charge on any atom is 0.315 e. The first-order chi connectivity index (χ1) is 15.1. The minimum Gasteiger partial charge on any atom is -0.493 e. The molecule has 1 atom stereocenters. The van der Waals surface area contributed by atoms with Crippen molar-refractivity contribution in [2.45, 2.75) is 32.4 Å². The number of nitrogens with one attached hydrogen (secondary N) is 2. The summed E-state index contributed by atoms with van der Waals surface area (Å²) in [5, 5.41) is 6.47. The molecule has 2 aromatic rings. The number of fused-ring (bicyclic) bond motifs is 1. The molecule has 0 spiro atoms. The smallest absolute Gasteiger partial charge is 0.315 e. The molecule has 2 aromatic carbocycles. The quantitative estimate of drug-likeness (QED) is 0.625. The lowest BCUT2D eigenvalue weighted by molar-refractivity contribution is 0.171. The first-order valence-corrected chi connectivity index (χ1v) is 10.9. The van der Waals surface area contributed by atoms with Crippen molar-refractivity contribution in [2.75, 3.05) is 26.9 Å². The van der Waals surface area contributed by atoms with Gasteiger partial charge in [0.15, 0.2) is 23.0 Å². The van der Waals surface area contributed by atoms with Crippen molar-refractivity contribution in [1.82, 2.24) is 10.6 Å². The molecular weight excluding hydrogens is 420 g/mol. The van der Waals surface area contributed by atoms with E-state index in [1.54, 1.807) is 13.2 Å². The lowest BCUT2D eigenvalue weighted by Gasteiger charge is -2.23. The van der Waals surface area contributed by atoms with Gasteiger partial charge >= 0.3 is 6.03 Å². The molecule has 2 amide bonds. The van der Waals surface area contributed by atoms with E-state index in [0.29, 0.717) is 48.8 Å². The Morgan fingerprint density at radius 1 is 1.19 bits per heavy atom. The van der Waals surface area contributed by atoms with Crippen LogP contribution in [-0.2, 0) is 6.54 Å². The number of amides is 2. The number of benzene rings is 2. The van der Waals surface area contributed by atoms with Crippen molar-refractivity contribution in [3.63, 3.8) is 0 Å². The minimum absolute atomic E-state index is 0.0747. The number of carbonyl (C=O) groups excluding carboxylic acids is 1. The van der Waals surface area contributed by atoms with Crippen LogP contribution in [0.2, 0.25) is 5.02 Å². The summed E-state index contributed by atoms with van der Waals surface area (Å²) in [5.74, 6) is 2.95. The van der Waals surface area contributed by atoms with Gasteiger partial charge in [-0.25, -0.2) is 4.79 Å². The van der Waals surface area contributed by atoms with Crippen LogP contribution in [0.25, 0.3) is 0 Å². The number of rotatable bonds is 8. The fraction of sp³-hybridized carbons (Fsp3) is 0.435. The van der Waals surface area contributed by atoms with Crippen LogP contribution in [0.5, 0.6) is 23.0 Å². The molecule has 2 aliphatic rings. The van der Waals surface area contributed by atoms with Gasteiger partial charge in [0.1, 0.15) is 13.2 Å². The van der Waals surface area contributed by atoms with E-state index in [4.69, 9.17) is 30.5 Å². The van der Waals surface area contributed by atoms with Crippen molar-refractivity contribution in [3.05, 3.63) is 46.5 Å². The summed E-state index contributed by atoms with van der Waals surface area (Å²) >= 11 is 6.32. The minimum atomic E-state index is -0.240. The summed E-state index contributed by atoms with van der Waals surface area (Å²) in [7, 11) is 1.56. The first-order valence-electron chi connectivity index (χ1n) is 10.5. The molecule has 2 N–H and O–H groups in total. The zero-order chi connectivity index (χ0) is 21.8. The third-order valence-electron chi connectivity index (χ3n) is 5.34. The lowest BCUT2D eigenvalue weighted by Crippen LogP contribution is -2.38. The lowest BCUT2D eigenvalue weighted by atomic mass is 10.0. The summed E-state index contributed by atoms with van der Waals surface area (Å²) in [4.78, 5) is 12.7. The highest BCUT2D eigenvalue weighted by atomic mass is 35.5. The first kappa shape index (κ1) is 21.4. The Morgan fingerprint density at radius 2 is 1.97 bits per heavy atom. The molecule has 0 aromatic heterocycles. The number of halogens is 1. The van der Waals surface area contributed by atoms with Crippen LogP contribution in [0.15, 0.2) is 30.3 Å². The molecule has 0 bridgehead atoms. The van der Waals surface area contributed by atoms with E-state index < -0.39 is 0 Å². The largest absolute Gasteiger partial charge is 0.493 e. The van der Waals surface area contributed by atoms with Gasteiger partial charge in [-0.05, 0) is 61.1 Å². The van der Waals surface area contributed by atoms with Crippen molar-refractivity contribution < 1.29 is 23.7 Å². The Kier molecular flexibility index (Phi) is 6.61. The summed E-state index contributed by atoms with van der Waals surface area (Å²) in [6, 6.07) is 9.14. The number of ether oxygens (including phenoxy) is 4. The van der Waals surface area contributed by atoms with Gasteiger partial charge in [0.05, 0.1) is 24.8 Å². The van der Waals surface area contributed by atoms with Crippen LogP contribution in [0, 0.1) is 5.92 Å². The van der Waals surface area contributed by atoms with Crippen LogP contribution < -0.4 is 29.6 Å². The zero-order valence-electron chi connectivity index (χ0n) is 17.7. The number of hydrogen-bond acceptors (Lipinski definition) is 5. The molecule has 4 rings (SSSR count). The molecule has 31 heavy (non-hydrogen) atoms. The summed E-state index contributed by atoms with van der Waals surface area (Å²) < 4.78 is 22.2. The van der Waals surface area contributed by atoms with Crippen LogP contribution >= 0.6 is 11.6 Å². The zero-order valence-corrected chi connectivity index (χ0v) is 18.5. The fourth-order valence-electron chi connectivity index (χ4n) is 3.69. The summed E-state index contributed by atoms with van der Waals surface area (Å²) in [5.41, 5.74) is 1.84. The second-order valence-electron chi connectivity index (χ2n) is 7.59. The highest BCUT2D eigenvalue weighted by molar-refractivity contribution is 6.32. The summed E-state index contributed by atoms with van der Waals surface area (Å²) in [6.45, 7) is 3.77. The Hall–Kier alpha value is -2.80. The van der Waals surface area contributed by atoms with Gasteiger partial charge in [0.2, 0.25) is 0 Å². The van der Waals surface area contributed by atoms with E-state index in [9.17, 15) is 4.79 Å². The fourth-order valence-corrected chi connectivity index (χ4v) is 3.98. The van der Waals surface area contributed by atoms with E-state index in [0.717, 1.165) is 35.5 Å². The Balaban J connectivity index is 1.41.